The Labute approximate surface area is 167 Å². The predicted octanol–water partition coefficient (Wildman–Crippen LogP) is 1.49. The lowest BCUT2D eigenvalue weighted by Crippen LogP contribution is -2.41. The van der Waals surface area contributed by atoms with Gasteiger partial charge in [0.05, 0.1) is 7.11 Å². The largest absolute Gasteiger partial charge is 0.497 e. The Morgan fingerprint density at radius 1 is 1.03 bits per heavy atom. The van der Waals surface area contributed by atoms with E-state index in [0.29, 0.717) is 17.9 Å². The minimum atomic E-state index is -0.727. The fraction of sp³-hybridized carbons (Fsp3) is 0.250. The molecule has 1 aliphatic heterocycles. The van der Waals surface area contributed by atoms with Gasteiger partial charge in [0.1, 0.15) is 11.8 Å². The standard InChI is InChI=1S/C20H22N4O5/c1-28-15-9-7-14(8-10-15)21-20(27)22-18(25)12-29-19(26)17-11-16(23-24-17)13-5-3-2-4-6-13/h2-10,16-17,23-24H,11-12H2,1H3,(H2,21,22,25,27). The first-order chi connectivity index (χ1) is 14.0. The van der Waals surface area contributed by atoms with Crippen LogP contribution < -0.4 is 26.2 Å². The van der Waals surface area contributed by atoms with Crippen LogP contribution in [0.2, 0.25) is 0 Å². The molecule has 2 unspecified atom stereocenters. The second-order valence-corrected chi connectivity index (χ2v) is 6.38. The fourth-order valence-corrected chi connectivity index (χ4v) is 2.85. The van der Waals surface area contributed by atoms with E-state index in [1.165, 1.54) is 7.11 Å². The number of imide groups is 1. The Bertz CT molecular complexity index is 857. The molecule has 1 heterocycles. The third-order valence-electron chi connectivity index (χ3n) is 4.34. The minimum absolute atomic E-state index is 0.0298. The number of amides is 3. The molecule has 29 heavy (non-hydrogen) atoms. The second-order valence-electron chi connectivity index (χ2n) is 6.38. The smallest absolute Gasteiger partial charge is 0.325 e. The topological polar surface area (TPSA) is 118 Å². The third-order valence-corrected chi connectivity index (χ3v) is 4.34. The van der Waals surface area contributed by atoms with E-state index >= 15 is 0 Å². The first-order valence-electron chi connectivity index (χ1n) is 9.02. The Morgan fingerprint density at radius 3 is 2.45 bits per heavy atom. The lowest BCUT2D eigenvalue weighted by Gasteiger charge is -2.10. The van der Waals surface area contributed by atoms with Gasteiger partial charge in [-0.05, 0) is 36.2 Å². The van der Waals surface area contributed by atoms with Gasteiger partial charge in [-0.25, -0.2) is 15.6 Å². The molecule has 3 amide bonds. The maximum Gasteiger partial charge on any atom is 0.325 e. The van der Waals surface area contributed by atoms with Crippen molar-refractivity contribution in [1.82, 2.24) is 16.2 Å². The number of rotatable bonds is 6. The highest BCUT2D eigenvalue weighted by Crippen LogP contribution is 2.22. The number of ether oxygens (including phenoxy) is 2. The van der Waals surface area contributed by atoms with Gasteiger partial charge in [0, 0.05) is 11.7 Å². The van der Waals surface area contributed by atoms with Crippen LogP contribution in [0.15, 0.2) is 54.6 Å². The van der Waals surface area contributed by atoms with Crippen molar-refractivity contribution in [3.8, 4) is 5.75 Å². The molecule has 1 aliphatic rings. The maximum atomic E-state index is 12.1. The Morgan fingerprint density at radius 2 is 1.76 bits per heavy atom. The Hall–Kier alpha value is -3.43. The number of hydrogen-bond donors (Lipinski definition) is 4. The van der Waals surface area contributed by atoms with Crippen molar-refractivity contribution in [2.45, 2.75) is 18.5 Å². The fourth-order valence-electron chi connectivity index (χ4n) is 2.85. The lowest BCUT2D eigenvalue weighted by atomic mass is 10.0. The van der Waals surface area contributed by atoms with Crippen LogP contribution in [0.25, 0.3) is 0 Å². The predicted molar refractivity (Wildman–Crippen MR) is 105 cm³/mol. The van der Waals surface area contributed by atoms with Crippen LogP contribution in [0.3, 0.4) is 0 Å². The summed E-state index contributed by atoms with van der Waals surface area (Å²) >= 11 is 0. The quantitative estimate of drug-likeness (QED) is 0.545. The number of esters is 1. The van der Waals surface area contributed by atoms with Crippen LogP contribution in [0, 0.1) is 0 Å². The zero-order valence-electron chi connectivity index (χ0n) is 15.8. The van der Waals surface area contributed by atoms with Gasteiger partial charge < -0.3 is 14.8 Å². The van der Waals surface area contributed by atoms with Crippen LogP contribution in [0.1, 0.15) is 18.0 Å². The maximum absolute atomic E-state index is 12.1. The second kappa shape index (κ2) is 9.67. The molecule has 2 aromatic rings. The number of benzene rings is 2. The van der Waals surface area contributed by atoms with Crippen molar-refractivity contribution in [2.24, 2.45) is 0 Å². The summed E-state index contributed by atoms with van der Waals surface area (Å²) in [6, 6.07) is 14.9. The van der Waals surface area contributed by atoms with Gasteiger partial charge in [0.25, 0.3) is 5.91 Å². The monoisotopic (exact) mass is 398 g/mol. The van der Waals surface area contributed by atoms with E-state index in [2.05, 4.69) is 21.5 Å². The van der Waals surface area contributed by atoms with Crippen molar-refractivity contribution < 1.29 is 23.9 Å². The molecule has 4 N–H and O–H groups in total. The molecular formula is C20H22N4O5. The summed E-state index contributed by atoms with van der Waals surface area (Å²) in [5.74, 6) is -0.653. The SMILES string of the molecule is COc1ccc(NC(=O)NC(=O)COC(=O)C2CC(c3ccccc3)NN2)cc1. The van der Waals surface area contributed by atoms with Crippen LogP contribution in [-0.4, -0.2) is 37.7 Å². The highest BCUT2D eigenvalue weighted by molar-refractivity contribution is 6.01. The number of carbonyl (C=O) groups excluding carboxylic acids is 3. The van der Waals surface area contributed by atoms with Crippen LogP contribution in [0.5, 0.6) is 5.75 Å². The third kappa shape index (κ3) is 5.77. The van der Waals surface area contributed by atoms with Gasteiger partial charge >= 0.3 is 12.0 Å². The number of hydrazine groups is 1. The molecule has 3 rings (SSSR count). The summed E-state index contributed by atoms with van der Waals surface area (Å²) in [7, 11) is 1.54. The summed E-state index contributed by atoms with van der Waals surface area (Å²) in [5, 5.41) is 4.61. The van der Waals surface area contributed by atoms with Crippen molar-refractivity contribution in [2.75, 3.05) is 19.0 Å². The molecule has 0 aliphatic carbocycles. The molecule has 1 fully saturated rings. The first kappa shape index (κ1) is 20.3. The van der Waals surface area contributed by atoms with Crippen molar-refractivity contribution in [3.63, 3.8) is 0 Å². The molecular weight excluding hydrogens is 376 g/mol. The van der Waals surface area contributed by atoms with E-state index in [4.69, 9.17) is 9.47 Å². The molecule has 152 valence electrons. The zero-order chi connectivity index (χ0) is 20.6. The average Bonchev–Trinajstić information content (AvgIpc) is 3.23. The molecule has 0 aromatic heterocycles. The average molecular weight is 398 g/mol. The number of carbonyl (C=O) groups is 3. The molecule has 2 atom stereocenters. The summed E-state index contributed by atoms with van der Waals surface area (Å²) in [6.45, 7) is -0.553. The molecule has 2 aromatic carbocycles. The molecule has 0 spiro atoms. The van der Waals surface area contributed by atoms with Gasteiger partial charge in [-0.1, -0.05) is 30.3 Å². The molecule has 9 nitrogen and oxygen atoms in total. The van der Waals surface area contributed by atoms with E-state index < -0.39 is 30.6 Å². The number of anilines is 1. The number of methoxy groups -OCH3 is 1. The van der Waals surface area contributed by atoms with Crippen LogP contribution in [0.4, 0.5) is 10.5 Å². The molecule has 1 saturated heterocycles. The Balaban J connectivity index is 1.39. The number of hydrogen-bond acceptors (Lipinski definition) is 7. The molecule has 9 heteroatoms. The summed E-state index contributed by atoms with van der Waals surface area (Å²) in [6.07, 6.45) is 0.489. The van der Waals surface area contributed by atoms with E-state index in [-0.39, 0.29) is 6.04 Å². The Kier molecular flexibility index (Phi) is 6.77. The van der Waals surface area contributed by atoms with Crippen molar-refractivity contribution >= 4 is 23.6 Å². The minimum Gasteiger partial charge on any atom is -0.497 e. The van der Waals surface area contributed by atoms with Gasteiger partial charge in [0.2, 0.25) is 0 Å². The molecule has 0 saturated carbocycles. The summed E-state index contributed by atoms with van der Waals surface area (Å²) < 4.78 is 10.0. The molecule has 0 radical (unpaired) electrons. The summed E-state index contributed by atoms with van der Waals surface area (Å²) in [4.78, 5) is 35.8. The van der Waals surface area contributed by atoms with E-state index in [0.717, 1.165) is 5.56 Å². The number of urea groups is 1. The van der Waals surface area contributed by atoms with E-state index in [1.807, 2.05) is 30.3 Å². The number of nitrogens with one attached hydrogen (secondary N) is 4. The van der Waals surface area contributed by atoms with Crippen molar-refractivity contribution in [3.05, 3.63) is 60.2 Å². The molecule has 0 bridgehead atoms. The van der Waals surface area contributed by atoms with Crippen LogP contribution in [-0.2, 0) is 14.3 Å². The van der Waals surface area contributed by atoms with E-state index in [1.54, 1.807) is 24.3 Å². The highest BCUT2D eigenvalue weighted by atomic mass is 16.5. The van der Waals surface area contributed by atoms with E-state index in [9.17, 15) is 14.4 Å². The summed E-state index contributed by atoms with van der Waals surface area (Å²) in [5.41, 5.74) is 7.43. The van der Waals surface area contributed by atoms with Crippen LogP contribution >= 0.6 is 0 Å². The van der Waals surface area contributed by atoms with Crippen molar-refractivity contribution in [1.29, 1.82) is 0 Å². The normalized spacial score (nSPS) is 18.0. The lowest BCUT2D eigenvalue weighted by molar-refractivity contribution is -0.150. The van der Waals surface area contributed by atoms with Gasteiger partial charge in [0.15, 0.2) is 6.61 Å². The van der Waals surface area contributed by atoms with Gasteiger partial charge in [-0.3, -0.25) is 14.9 Å². The van der Waals surface area contributed by atoms with Gasteiger partial charge in [-0.15, -0.1) is 0 Å². The van der Waals surface area contributed by atoms with Gasteiger partial charge in [-0.2, -0.15) is 0 Å². The zero-order valence-corrected chi connectivity index (χ0v) is 15.8. The first-order valence-corrected chi connectivity index (χ1v) is 9.02. The highest BCUT2D eigenvalue weighted by Gasteiger charge is 2.31.